The monoisotopic (exact) mass is 341 g/mol. The summed E-state index contributed by atoms with van der Waals surface area (Å²) in [6.07, 6.45) is 2.54. The Labute approximate surface area is 145 Å². The van der Waals surface area contributed by atoms with Crippen LogP contribution in [0.3, 0.4) is 0 Å². The van der Waals surface area contributed by atoms with Crippen LogP contribution in [0.4, 0.5) is 11.4 Å². The van der Waals surface area contributed by atoms with Gasteiger partial charge in [0, 0.05) is 36.6 Å². The second-order valence-electron chi connectivity index (χ2n) is 5.73. The maximum atomic E-state index is 10.7. The summed E-state index contributed by atoms with van der Waals surface area (Å²) in [6, 6.07) is 10.3. The SMILES string of the molecule is COc1cc2c(cc1OC)NCC(N=Cc1ccc([N+](=O)[O-])cc1)C2. The third-order valence-corrected chi connectivity index (χ3v) is 4.13. The van der Waals surface area contributed by atoms with E-state index in [9.17, 15) is 10.1 Å². The van der Waals surface area contributed by atoms with Crippen molar-refractivity contribution < 1.29 is 14.4 Å². The van der Waals surface area contributed by atoms with Gasteiger partial charge in [-0.3, -0.25) is 15.1 Å². The molecule has 0 saturated heterocycles. The summed E-state index contributed by atoms with van der Waals surface area (Å²) in [6.45, 7) is 0.714. The van der Waals surface area contributed by atoms with Crippen molar-refractivity contribution in [3.8, 4) is 11.5 Å². The van der Waals surface area contributed by atoms with Gasteiger partial charge in [-0.2, -0.15) is 0 Å². The second-order valence-corrected chi connectivity index (χ2v) is 5.73. The number of nitrogens with one attached hydrogen (secondary N) is 1. The van der Waals surface area contributed by atoms with E-state index in [1.807, 2.05) is 12.1 Å². The molecule has 0 spiro atoms. The minimum Gasteiger partial charge on any atom is -0.493 e. The van der Waals surface area contributed by atoms with Crippen LogP contribution in [0.25, 0.3) is 0 Å². The molecule has 130 valence electrons. The molecule has 0 bridgehead atoms. The quantitative estimate of drug-likeness (QED) is 0.513. The van der Waals surface area contributed by atoms with Crippen molar-refractivity contribution >= 4 is 17.6 Å². The average Bonchev–Trinajstić information content (AvgIpc) is 2.65. The third kappa shape index (κ3) is 3.71. The number of fused-ring (bicyclic) bond motifs is 1. The van der Waals surface area contributed by atoms with Crippen LogP contribution in [-0.2, 0) is 6.42 Å². The number of hydrogen-bond donors (Lipinski definition) is 1. The van der Waals surface area contributed by atoms with E-state index < -0.39 is 4.92 Å². The first-order valence-electron chi connectivity index (χ1n) is 7.87. The third-order valence-electron chi connectivity index (χ3n) is 4.13. The summed E-state index contributed by atoms with van der Waals surface area (Å²) in [7, 11) is 3.23. The van der Waals surface area contributed by atoms with Crippen LogP contribution in [0, 0.1) is 10.1 Å². The minimum atomic E-state index is -0.412. The van der Waals surface area contributed by atoms with Crippen molar-refractivity contribution in [1.29, 1.82) is 0 Å². The molecule has 2 aromatic carbocycles. The molecule has 0 aromatic heterocycles. The van der Waals surface area contributed by atoms with Crippen LogP contribution >= 0.6 is 0 Å². The molecule has 1 unspecified atom stereocenters. The highest BCUT2D eigenvalue weighted by Crippen LogP contribution is 2.35. The normalized spacial score (nSPS) is 16.2. The average molecular weight is 341 g/mol. The Balaban J connectivity index is 1.73. The van der Waals surface area contributed by atoms with Crippen LogP contribution in [-0.4, -0.2) is 37.9 Å². The lowest BCUT2D eigenvalue weighted by atomic mass is 9.99. The molecular formula is C18H19N3O4. The molecule has 25 heavy (non-hydrogen) atoms. The first kappa shape index (κ1) is 16.8. The Kier molecular flexibility index (Phi) is 4.83. The zero-order valence-electron chi connectivity index (χ0n) is 14.1. The molecule has 0 aliphatic carbocycles. The smallest absolute Gasteiger partial charge is 0.269 e. The molecule has 7 heteroatoms. The van der Waals surface area contributed by atoms with Gasteiger partial charge in [-0.1, -0.05) is 0 Å². The highest BCUT2D eigenvalue weighted by Gasteiger charge is 2.20. The maximum absolute atomic E-state index is 10.7. The van der Waals surface area contributed by atoms with Crippen LogP contribution in [0.1, 0.15) is 11.1 Å². The van der Waals surface area contributed by atoms with E-state index in [2.05, 4.69) is 10.3 Å². The van der Waals surface area contributed by atoms with Gasteiger partial charge in [-0.25, -0.2) is 0 Å². The topological polar surface area (TPSA) is 86.0 Å². The van der Waals surface area contributed by atoms with Crippen molar-refractivity contribution in [1.82, 2.24) is 0 Å². The number of aliphatic imine (C=N–C) groups is 1. The summed E-state index contributed by atoms with van der Waals surface area (Å²) in [5, 5.41) is 14.0. The predicted octanol–water partition coefficient (Wildman–Crippen LogP) is 3.07. The van der Waals surface area contributed by atoms with Gasteiger partial charge in [0.2, 0.25) is 0 Å². The van der Waals surface area contributed by atoms with Gasteiger partial charge >= 0.3 is 0 Å². The van der Waals surface area contributed by atoms with Gasteiger partial charge in [-0.15, -0.1) is 0 Å². The molecule has 1 N–H and O–H groups in total. The summed E-state index contributed by atoms with van der Waals surface area (Å²) in [5.74, 6) is 1.39. The molecule has 1 atom stereocenters. The number of hydrogen-bond acceptors (Lipinski definition) is 6. The van der Waals surface area contributed by atoms with Crippen molar-refractivity contribution in [3.63, 3.8) is 0 Å². The second kappa shape index (κ2) is 7.21. The number of methoxy groups -OCH3 is 2. The van der Waals surface area contributed by atoms with Crippen LogP contribution < -0.4 is 14.8 Å². The standard InChI is InChI=1S/C18H19N3O4/c1-24-17-8-13-7-14(11-20-16(13)9-18(17)25-2)19-10-12-3-5-15(6-4-12)21(22)23/h3-6,8-10,14,20H,7,11H2,1-2H3. The van der Waals surface area contributed by atoms with Gasteiger partial charge in [-0.05, 0) is 35.7 Å². The van der Waals surface area contributed by atoms with E-state index in [0.29, 0.717) is 18.0 Å². The lowest BCUT2D eigenvalue weighted by Gasteiger charge is -2.25. The molecule has 0 amide bonds. The highest BCUT2D eigenvalue weighted by atomic mass is 16.6. The number of anilines is 1. The van der Waals surface area contributed by atoms with Gasteiger partial charge in [0.15, 0.2) is 11.5 Å². The van der Waals surface area contributed by atoms with Gasteiger partial charge < -0.3 is 14.8 Å². The Bertz CT molecular complexity index is 803. The number of benzene rings is 2. The van der Waals surface area contributed by atoms with Crippen LogP contribution in [0.5, 0.6) is 11.5 Å². The van der Waals surface area contributed by atoms with E-state index >= 15 is 0 Å². The first-order chi connectivity index (χ1) is 12.1. The zero-order chi connectivity index (χ0) is 17.8. The van der Waals surface area contributed by atoms with Gasteiger partial charge in [0.05, 0.1) is 25.2 Å². The number of nitro groups is 1. The zero-order valence-corrected chi connectivity index (χ0v) is 14.1. The molecule has 2 aromatic rings. The number of rotatable bonds is 5. The van der Waals surface area contributed by atoms with E-state index in [1.54, 1.807) is 32.6 Å². The molecule has 1 aliphatic heterocycles. The molecular weight excluding hydrogens is 322 g/mol. The number of non-ortho nitro benzene ring substituents is 1. The lowest BCUT2D eigenvalue weighted by Crippen LogP contribution is -2.26. The summed E-state index contributed by atoms with van der Waals surface area (Å²) < 4.78 is 10.7. The number of nitro benzene ring substituents is 1. The van der Waals surface area contributed by atoms with Crippen molar-refractivity contribution in [2.45, 2.75) is 12.5 Å². The van der Waals surface area contributed by atoms with Gasteiger partial charge in [0.1, 0.15) is 0 Å². The first-order valence-corrected chi connectivity index (χ1v) is 7.87. The minimum absolute atomic E-state index is 0.0754. The van der Waals surface area contributed by atoms with Crippen LogP contribution in [0.2, 0.25) is 0 Å². The number of nitrogens with zero attached hydrogens (tertiary/aromatic N) is 2. The number of ether oxygens (including phenoxy) is 2. The molecule has 1 aliphatic rings. The van der Waals surface area contributed by atoms with E-state index in [-0.39, 0.29) is 11.7 Å². The highest BCUT2D eigenvalue weighted by molar-refractivity contribution is 5.80. The summed E-state index contributed by atoms with van der Waals surface area (Å²) >= 11 is 0. The Morgan fingerprint density at radius 2 is 1.88 bits per heavy atom. The largest absolute Gasteiger partial charge is 0.493 e. The Morgan fingerprint density at radius 3 is 2.52 bits per heavy atom. The fourth-order valence-electron chi connectivity index (χ4n) is 2.79. The fourth-order valence-corrected chi connectivity index (χ4v) is 2.79. The molecule has 0 fully saturated rings. The van der Waals surface area contributed by atoms with Crippen molar-refractivity contribution in [2.24, 2.45) is 4.99 Å². The van der Waals surface area contributed by atoms with E-state index in [0.717, 1.165) is 23.2 Å². The van der Waals surface area contributed by atoms with Crippen molar-refractivity contribution in [3.05, 3.63) is 57.6 Å². The van der Waals surface area contributed by atoms with E-state index in [4.69, 9.17) is 9.47 Å². The maximum Gasteiger partial charge on any atom is 0.269 e. The van der Waals surface area contributed by atoms with E-state index in [1.165, 1.54) is 12.1 Å². The molecule has 0 saturated carbocycles. The molecule has 1 heterocycles. The summed E-state index contributed by atoms with van der Waals surface area (Å²) in [4.78, 5) is 14.9. The Morgan fingerprint density at radius 1 is 1.20 bits per heavy atom. The fraction of sp³-hybridized carbons (Fsp3) is 0.278. The van der Waals surface area contributed by atoms with Gasteiger partial charge in [0.25, 0.3) is 5.69 Å². The molecule has 7 nitrogen and oxygen atoms in total. The van der Waals surface area contributed by atoms with Crippen molar-refractivity contribution in [2.75, 3.05) is 26.1 Å². The molecule has 0 radical (unpaired) electrons. The summed E-state index contributed by atoms with van der Waals surface area (Å²) in [5.41, 5.74) is 3.06. The Hall–Kier alpha value is -3.09. The van der Waals surface area contributed by atoms with Crippen LogP contribution in [0.15, 0.2) is 41.4 Å². The predicted molar refractivity (Wildman–Crippen MR) is 96.2 cm³/mol. The molecule has 3 rings (SSSR count). The lowest BCUT2D eigenvalue weighted by molar-refractivity contribution is -0.384.